The normalized spacial score (nSPS) is 10.9. The number of anilines is 1. The average Bonchev–Trinajstić information content (AvgIpc) is 2.60. The van der Waals surface area contributed by atoms with Gasteiger partial charge in [0.2, 0.25) is 5.91 Å². The first-order valence-electron chi connectivity index (χ1n) is 7.78. The van der Waals surface area contributed by atoms with E-state index in [1.54, 1.807) is 31.2 Å². The van der Waals surface area contributed by atoms with E-state index in [1.165, 1.54) is 0 Å². The van der Waals surface area contributed by atoms with Crippen LogP contribution in [0.2, 0.25) is 0 Å². The minimum Gasteiger partial charge on any atom is -0.493 e. The predicted molar refractivity (Wildman–Crippen MR) is 90.0 cm³/mol. The Morgan fingerprint density at radius 1 is 1.04 bits per heavy atom. The second-order valence-electron chi connectivity index (χ2n) is 5.24. The average molecular weight is 366 g/mol. The number of carbonyl (C=O) groups is 2. The van der Waals surface area contributed by atoms with Crippen LogP contribution < -0.4 is 15.4 Å². The van der Waals surface area contributed by atoms with E-state index in [9.17, 15) is 22.8 Å². The van der Waals surface area contributed by atoms with Crippen LogP contribution in [0.3, 0.4) is 0 Å². The van der Waals surface area contributed by atoms with E-state index in [1.807, 2.05) is 0 Å². The predicted octanol–water partition coefficient (Wildman–Crippen LogP) is 3.47. The Labute approximate surface area is 148 Å². The molecule has 0 radical (unpaired) electrons. The van der Waals surface area contributed by atoms with Crippen LogP contribution in [0.1, 0.15) is 22.8 Å². The molecular formula is C18H17F3N2O3. The molecule has 0 fully saturated rings. The molecule has 2 aromatic rings. The van der Waals surface area contributed by atoms with Gasteiger partial charge in [-0.1, -0.05) is 12.1 Å². The number of carbonyl (C=O) groups excluding carboxylic acids is 2. The van der Waals surface area contributed by atoms with E-state index in [0.29, 0.717) is 12.4 Å². The molecule has 2 amide bonds. The Morgan fingerprint density at radius 3 is 2.31 bits per heavy atom. The van der Waals surface area contributed by atoms with Crippen molar-refractivity contribution in [3.8, 4) is 5.75 Å². The second-order valence-corrected chi connectivity index (χ2v) is 5.24. The van der Waals surface area contributed by atoms with Crippen molar-refractivity contribution in [2.75, 3.05) is 18.5 Å². The van der Waals surface area contributed by atoms with Gasteiger partial charge in [-0.25, -0.2) is 0 Å². The topological polar surface area (TPSA) is 67.4 Å². The molecule has 0 aliphatic carbocycles. The Morgan fingerprint density at radius 2 is 1.69 bits per heavy atom. The zero-order valence-corrected chi connectivity index (χ0v) is 13.9. The summed E-state index contributed by atoms with van der Waals surface area (Å²) in [5, 5.41) is 4.86. The summed E-state index contributed by atoms with van der Waals surface area (Å²) in [5.41, 5.74) is -0.319. The van der Waals surface area contributed by atoms with Crippen molar-refractivity contribution >= 4 is 17.5 Å². The SMILES string of the molecule is CCOc1ccccc1C(=O)NCC(=O)Nc1ccc(C(F)(F)F)cc1. The smallest absolute Gasteiger partial charge is 0.416 e. The monoisotopic (exact) mass is 366 g/mol. The molecule has 2 N–H and O–H groups in total. The molecule has 0 atom stereocenters. The Bertz CT molecular complexity index is 774. The highest BCUT2D eigenvalue weighted by Crippen LogP contribution is 2.29. The third kappa shape index (κ3) is 5.23. The fourth-order valence-corrected chi connectivity index (χ4v) is 2.14. The van der Waals surface area contributed by atoms with E-state index in [-0.39, 0.29) is 17.8 Å². The molecule has 8 heteroatoms. The van der Waals surface area contributed by atoms with Crippen LogP contribution in [0.5, 0.6) is 5.75 Å². The van der Waals surface area contributed by atoms with Gasteiger partial charge in [0.25, 0.3) is 5.91 Å². The molecule has 138 valence electrons. The highest BCUT2D eigenvalue weighted by atomic mass is 19.4. The first kappa shape index (κ1) is 19.3. The highest BCUT2D eigenvalue weighted by Gasteiger charge is 2.29. The summed E-state index contributed by atoms with van der Waals surface area (Å²) in [6.45, 7) is 1.84. The van der Waals surface area contributed by atoms with Crippen molar-refractivity contribution in [3.05, 3.63) is 59.7 Å². The number of halogens is 3. The summed E-state index contributed by atoms with van der Waals surface area (Å²) >= 11 is 0. The molecule has 0 saturated heterocycles. The maximum atomic E-state index is 12.5. The van der Waals surface area contributed by atoms with Crippen molar-refractivity contribution in [1.29, 1.82) is 0 Å². The minimum absolute atomic E-state index is 0.201. The van der Waals surface area contributed by atoms with Crippen molar-refractivity contribution in [2.24, 2.45) is 0 Å². The zero-order chi connectivity index (χ0) is 19.2. The van der Waals surface area contributed by atoms with E-state index in [2.05, 4.69) is 10.6 Å². The fourth-order valence-electron chi connectivity index (χ4n) is 2.14. The number of benzene rings is 2. The molecule has 0 spiro atoms. The van der Waals surface area contributed by atoms with E-state index in [0.717, 1.165) is 24.3 Å². The van der Waals surface area contributed by atoms with Crippen molar-refractivity contribution in [3.63, 3.8) is 0 Å². The molecule has 0 aromatic heterocycles. The minimum atomic E-state index is -4.44. The number of amides is 2. The van der Waals surface area contributed by atoms with Crippen LogP contribution >= 0.6 is 0 Å². The number of para-hydroxylation sites is 1. The molecule has 2 aromatic carbocycles. The van der Waals surface area contributed by atoms with Gasteiger partial charge in [0.1, 0.15) is 5.75 Å². The maximum absolute atomic E-state index is 12.5. The number of nitrogens with one attached hydrogen (secondary N) is 2. The third-order valence-electron chi connectivity index (χ3n) is 3.34. The lowest BCUT2D eigenvalue weighted by Gasteiger charge is -2.11. The van der Waals surface area contributed by atoms with Gasteiger partial charge in [-0.05, 0) is 43.3 Å². The Kier molecular flexibility index (Phi) is 6.21. The molecule has 0 aliphatic rings. The highest BCUT2D eigenvalue weighted by molar-refractivity contribution is 6.00. The first-order valence-corrected chi connectivity index (χ1v) is 7.78. The van der Waals surface area contributed by atoms with Gasteiger partial charge in [0.05, 0.1) is 24.3 Å². The fraction of sp³-hybridized carbons (Fsp3) is 0.222. The van der Waals surface area contributed by atoms with Crippen LogP contribution in [0.4, 0.5) is 18.9 Å². The standard InChI is InChI=1S/C18H17F3N2O3/c1-2-26-15-6-4-3-5-14(15)17(25)22-11-16(24)23-13-9-7-12(8-10-13)18(19,20)21/h3-10H,2,11H2,1H3,(H,22,25)(H,23,24). The largest absolute Gasteiger partial charge is 0.493 e. The van der Waals surface area contributed by atoms with Crippen LogP contribution in [0, 0.1) is 0 Å². The molecule has 2 rings (SSSR count). The summed E-state index contributed by atoms with van der Waals surface area (Å²) in [4.78, 5) is 24.0. The molecule has 0 saturated carbocycles. The molecule has 0 aliphatic heterocycles. The van der Waals surface area contributed by atoms with Gasteiger partial charge in [-0.3, -0.25) is 9.59 Å². The number of hydrogen-bond acceptors (Lipinski definition) is 3. The zero-order valence-electron chi connectivity index (χ0n) is 13.9. The summed E-state index contributed by atoms with van der Waals surface area (Å²) < 4.78 is 42.8. The van der Waals surface area contributed by atoms with Crippen molar-refractivity contribution in [2.45, 2.75) is 13.1 Å². The van der Waals surface area contributed by atoms with E-state index in [4.69, 9.17) is 4.74 Å². The Balaban J connectivity index is 1.92. The van der Waals surface area contributed by atoms with Gasteiger partial charge in [-0.2, -0.15) is 13.2 Å². The molecule has 5 nitrogen and oxygen atoms in total. The number of rotatable bonds is 6. The van der Waals surface area contributed by atoms with E-state index >= 15 is 0 Å². The number of ether oxygens (including phenoxy) is 1. The summed E-state index contributed by atoms with van der Waals surface area (Å²) in [6.07, 6.45) is -4.44. The molecule has 0 bridgehead atoms. The van der Waals surface area contributed by atoms with Gasteiger partial charge in [0, 0.05) is 5.69 Å². The lowest BCUT2D eigenvalue weighted by atomic mass is 10.2. The number of hydrogen-bond donors (Lipinski definition) is 2. The third-order valence-corrected chi connectivity index (χ3v) is 3.34. The van der Waals surface area contributed by atoms with Crippen LogP contribution in [0.25, 0.3) is 0 Å². The van der Waals surface area contributed by atoms with Crippen LogP contribution in [-0.4, -0.2) is 25.0 Å². The summed E-state index contributed by atoms with van der Waals surface area (Å²) in [6, 6.07) is 10.6. The van der Waals surface area contributed by atoms with Crippen LogP contribution in [0.15, 0.2) is 48.5 Å². The molecule has 26 heavy (non-hydrogen) atoms. The quantitative estimate of drug-likeness (QED) is 0.823. The van der Waals surface area contributed by atoms with Gasteiger partial charge in [-0.15, -0.1) is 0 Å². The maximum Gasteiger partial charge on any atom is 0.416 e. The van der Waals surface area contributed by atoms with Crippen molar-refractivity contribution in [1.82, 2.24) is 5.32 Å². The van der Waals surface area contributed by atoms with Gasteiger partial charge >= 0.3 is 6.18 Å². The van der Waals surface area contributed by atoms with E-state index < -0.39 is 23.6 Å². The summed E-state index contributed by atoms with van der Waals surface area (Å²) in [5.74, 6) is -0.653. The summed E-state index contributed by atoms with van der Waals surface area (Å²) in [7, 11) is 0. The Hall–Kier alpha value is -3.03. The molecular weight excluding hydrogens is 349 g/mol. The van der Waals surface area contributed by atoms with Gasteiger partial charge in [0.15, 0.2) is 0 Å². The second kappa shape index (κ2) is 8.37. The first-order chi connectivity index (χ1) is 12.3. The molecule has 0 unspecified atom stereocenters. The lowest BCUT2D eigenvalue weighted by Crippen LogP contribution is -2.33. The number of alkyl halides is 3. The van der Waals surface area contributed by atoms with Gasteiger partial charge < -0.3 is 15.4 Å². The molecule has 0 heterocycles. The lowest BCUT2D eigenvalue weighted by molar-refractivity contribution is -0.137. The van der Waals surface area contributed by atoms with Crippen molar-refractivity contribution < 1.29 is 27.5 Å². The van der Waals surface area contributed by atoms with Crippen LogP contribution in [-0.2, 0) is 11.0 Å².